The normalized spacial score (nSPS) is 10.9. The first kappa shape index (κ1) is 14.8. The molecule has 1 heterocycles. The van der Waals surface area contributed by atoms with Crippen LogP contribution in [0.3, 0.4) is 0 Å². The van der Waals surface area contributed by atoms with E-state index in [1.165, 1.54) is 16.8 Å². The van der Waals surface area contributed by atoms with Gasteiger partial charge in [0, 0.05) is 27.2 Å². The van der Waals surface area contributed by atoms with E-state index in [0.29, 0.717) is 6.61 Å². The largest absolute Gasteiger partial charge is 0.380 e. The second-order valence-corrected chi connectivity index (χ2v) is 4.91. The Morgan fingerprint density at radius 2 is 1.95 bits per heavy atom. The summed E-state index contributed by atoms with van der Waals surface area (Å²) in [5, 5.41) is 7.94. The molecule has 0 amide bonds. The number of nitrogens with one attached hydrogen (secondary N) is 1. The summed E-state index contributed by atoms with van der Waals surface area (Å²) in [7, 11) is 3.72. The van der Waals surface area contributed by atoms with Crippen LogP contribution < -0.4 is 5.32 Å². The quantitative estimate of drug-likeness (QED) is 0.842. The van der Waals surface area contributed by atoms with Gasteiger partial charge in [-0.25, -0.2) is 0 Å². The van der Waals surface area contributed by atoms with E-state index in [1.54, 1.807) is 7.11 Å². The molecule has 0 spiro atoms. The van der Waals surface area contributed by atoms with E-state index in [2.05, 4.69) is 41.6 Å². The average Bonchev–Trinajstić information content (AvgIpc) is 2.82. The van der Waals surface area contributed by atoms with Gasteiger partial charge < -0.3 is 10.1 Å². The fourth-order valence-corrected chi connectivity index (χ4v) is 2.26. The molecular formula is C16H23N3O. The van der Waals surface area contributed by atoms with E-state index < -0.39 is 0 Å². The third-order valence-electron chi connectivity index (χ3n) is 3.43. The molecule has 2 aromatic rings. The Bertz CT molecular complexity index is 548. The molecule has 20 heavy (non-hydrogen) atoms. The van der Waals surface area contributed by atoms with Gasteiger partial charge in [0.25, 0.3) is 0 Å². The molecule has 1 aromatic heterocycles. The number of rotatable bonds is 7. The summed E-state index contributed by atoms with van der Waals surface area (Å²) in [6.07, 6.45) is 0.977. The Morgan fingerprint density at radius 1 is 1.20 bits per heavy atom. The van der Waals surface area contributed by atoms with Crippen LogP contribution in [0.5, 0.6) is 0 Å². The molecule has 0 radical (unpaired) electrons. The number of hydrogen-bond acceptors (Lipinski definition) is 3. The maximum Gasteiger partial charge on any atom is 0.0716 e. The molecule has 0 aliphatic rings. The second-order valence-electron chi connectivity index (χ2n) is 4.91. The molecule has 4 nitrogen and oxygen atoms in total. The fourth-order valence-electron chi connectivity index (χ4n) is 2.26. The highest BCUT2D eigenvalue weighted by atomic mass is 16.5. The van der Waals surface area contributed by atoms with Crippen molar-refractivity contribution in [3.05, 3.63) is 52.8 Å². The fraction of sp³-hybridized carbons (Fsp3) is 0.438. The zero-order valence-corrected chi connectivity index (χ0v) is 12.5. The number of hydrogen-bond donors (Lipinski definition) is 1. The molecule has 2 rings (SSSR count). The summed E-state index contributed by atoms with van der Waals surface area (Å²) in [4.78, 5) is 0. The van der Waals surface area contributed by atoms with Crippen LogP contribution in [0.4, 0.5) is 0 Å². The molecule has 0 fully saturated rings. The Kier molecular flexibility index (Phi) is 5.32. The first-order valence-electron chi connectivity index (χ1n) is 7.02. The number of methoxy groups -OCH3 is 1. The van der Waals surface area contributed by atoms with Gasteiger partial charge in [0.15, 0.2) is 0 Å². The van der Waals surface area contributed by atoms with Gasteiger partial charge in [-0.1, -0.05) is 31.2 Å². The molecular weight excluding hydrogens is 250 g/mol. The molecule has 1 N–H and O–H groups in total. The minimum absolute atomic E-state index is 0.656. The molecule has 0 bridgehead atoms. The van der Waals surface area contributed by atoms with Crippen molar-refractivity contribution in [1.29, 1.82) is 0 Å². The van der Waals surface area contributed by atoms with Crippen molar-refractivity contribution in [1.82, 2.24) is 15.1 Å². The highest BCUT2D eigenvalue weighted by Gasteiger charge is 2.05. The van der Waals surface area contributed by atoms with Gasteiger partial charge >= 0.3 is 0 Å². The zero-order valence-electron chi connectivity index (χ0n) is 12.5. The lowest BCUT2D eigenvalue weighted by atomic mass is 10.1. The first-order chi connectivity index (χ1) is 9.74. The van der Waals surface area contributed by atoms with Crippen LogP contribution in [0.15, 0.2) is 30.3 Å². The van der Waals surface area contributed by atoms with Gasteiger partial charge in [0.05, 0.1) is 18.0 Å². The van der Waals surface area contributed by atoms with E-state index >= 15 is 0 Å². The number of ether oxygens (including phenoxy) is 1. The number of aryl methyl sites for hydroxylation is 2. The lowest BCUT2D eigenvalue weighted by Crippen LogP contribution is -2.16. The third-order valence-corrected chi connectivity index (χ3v) is 3.43. The Balaban J connectivity index is 1.94. The van der Waals surface area contributed by atoms with Gasteiger partial charge in [-0.2, -0.15) is 5.10 Å². The third kappa shape index (κ3) is 3.68. The van der Waals surface area contributed by atoms with E-state index in [-0.39, 0.29) is 0 Å². The van der Waals surface area contributed by atoms with E-state index in [1.807, 2.05) is 17.8 Å². The number of nitrogens with zero attached hydrogens (tertiary/aromatic N) is 2. The van der Waals surface area contributed by atoms with Gasteiger partial charge in [-0.05, 0) is 23.6 Å². The van der Waals surface area contributed by atoms with Crippen molar-refractivity contribution in [2.75, 3.05) is 7.11 Å². The van der Waals surface area contributed by atoms with Crippen LogP contribution in [0.1, 0.15) is 29.4 Å². The van der Waals surface area contributed by atoms with Crippen molar-refractivity contribution in [3.8, 4) is 0 Å². The monoisotopic (exact) mass is 273 g/mol. The van der Waals surface area contributed by atoms with Crippen molar-refractivity contribution >= 4 is 0 Å². The van der Waals surface area contributed by atoms with Gasteiger partial charge in [-0.3, -0.25) is 4.68 Å². The smallest absolute Gasteiger partial charge is 0.0716 e. The Labute approximate surface area is 120 Å². The molecule has 0 saturated heterocycles. The van der Waals surface area contributed by atoms with Crippen LogP contribution >= 0.6 is 0 Å². The lowest BCUT2D eigenvalue weighted by molar-refractivity contribution is 0.184. The number of aromatic nitrogens is 2. The van der Waals surface area contributed by atoms with Gasteiger partial charge in [0.2, 0.25) is 0 Å². The molecule has 1 aromatic carbocycles. The van der Waals surface area contributed by atoms with Gasteiger partial charge in [-0.15, -0.1) is 0 Å². The van der Waals surface area contributed by atoms with Crippen LogP contribution in [-0.4, -0.2) is 16.9 Å². The molecule has 0 aliphatic heterocycles. The van der Waals surface area contributed by atoms with Crippen LogP contribution in [0.25, 0.3) is 0 Å². The van der Waals surface area contributed by atoms with E-state index in [0.717, 1.165) is 25.2 Å². The first-order valence-corrected chi connectivity index (χ1v) is 7.02. The maximum absolute atomic E-state index is 5.23. The molecule has 0 saturated carbocycles. The Hall–Kier alpha value is -1.65. The van der Waals surface area contributed by atoms with E-state index in [9.17, 15) is 0 Å². The van der Waals surface area contributed by atoms with Gasteiger partial charge in [0.1, 0.15) is 0 Å². The average molecular weight is 273 g/mol. The van der Waals surface area contributed by atoms with Crippen LogP contribution in [0.2, 0.25) is 0 Å². The summed E-state index contributed by atoms with van der Waals surface area (Å²) in [6.45, 7) is 4.45. The molecule has 108 valence electrons. The van der Waals surface area contributed by atoms with E-state index in [4.69, 9.17) is 4.74 Å². The molecule has 4 heteroatoms. The zero-order chi connectivity index (χ0) is 14.4. The van der Waals surface area contributed by atoms with Crippen LogP contribution in [-0.2, 0) is 37.9 Å². The maximum atomic E-state index is 5.23. The summed E-state index contributed by atoms with van der Waals surface area (Å²) < 4.78 is 7.18. The molecule has 0 aliphatic carbocycles. The predicted molar refractivity (Wildman–Crippen MR) is 80.3 cm³/mol. The summed E-state index contributed by atoms with van der Waals surface area (Å²) in [6, 6.07) is 10.5. The summed E-state index contributed by atoms with van der Waals surface area (Å²) >= 11 is 0. The Morgan fingerprint density at radius 3 is 2.60 bits per heavy atom. The second kappa shape index (κ2) is 7.22. The summed E-state index contributed by atoms with van der Waals surface area (Å²) in [5.74, 6) is 0. The highest BCUT2D eigenvalue weighted by Crippen LogP contribution is 2.10. The molecule has 0 atom stereocenters. The highest BCUT2D eigenvalue weighted by molar-refractivity contribution is 5.26. The topological polar surface area (TPSA) is 39.1 Å². The van der Waals surface area contributed by atoms with Crippen molar-refractivity contribution in [2.24, 2.45) is 7.05 Å². The SMILES string of the molecule is CCc1cc(CNCc2ccccc2COC)n(C)n1. The standard InChI is InChI=1S/C16H23N3O/c1-4-15-9-16(19(2)18-15)11-17-10-13-7-5-6-8-14(13)12-20-3/h5-9,17H,4,10-12H2,1-3H3. The minimum Gasteiger partial charge on any atom is -0.380 e. The molecule has 0 unspecified atom stereocenters. The number of benzene rings is 1. The van der Waals surface area contributed by atoms with Crippen molar-refractivity contribution in [3.63, 3.8) is 0 Å². The van der Waals surface area contributed by atoms with Crippen LogP contribution in [0, 0.1) is 0 Å². The minimum atomic E-state index is 0.656. The predicted octanol–water partition coefficient (Wildman–Crippen LogP) is 2.42. The van der Waals surface area contributed by atoms with Crippen molar-refractivity contribution < 1.29 is 4.74 Å². The van der Waals surface area contributed by atoms with Crippen molar-refractivity contribution in [2.45, 2.75) is 33.0 Å². The summed E-state index contributed by atoms with van der Waals surface area (Å²) in [5.41, 5.74) is 4.88. The lowest BCUT2D eigenvalue weighted by Gasteiger charge is -2.10.